The standard InChI is InChI=1S/C15H21ClN2OS/c1-19-12-6-7-14-13(10-12)17-15(11-16)18(14)8-4-3-5-9-20-2/h6-7,10H,3-5,8-9,11H2,1-2H3. The number of ether oxygens (including phenoxy) is 1. The number of thioether (sulfide) groups is 1. The largest absolute Gasteiger partial charge is 0.497 e. The van der Waals surface area contributed by atoms with Gasteiger partial charge in [0.1, 0.15) is 11.6 Å². The minimum atomic E-state index is 0.446. The van der Waals surface area contributed by atoms with E-state index >= 15 is 0 Å². The van der Waals surface area contributed by atoms with Crippen LogP contribution in [0.15, 0.2) is 18.2 Å². The molecular formula is C15H21ClN2OS. The first-order valence-electron chi connectivity index (χ1n) is 6.88. The number of nitrogens with zero attached hydrogens (tertiary/aromatic N) is 2. The molecule has 0 unspecified atom stereocenters. The molecule has 1 heterocycles. The molecular weight excluding hydrogens is 292 g/mol. The number of unbranched alkanes of at least 4 members (excludes halogenated alkanes) is 2. The van der Waals surface area contributed by atoms with Crippen molar-refractivity contribution in [2.24, 2.45) is 0 Å². The van der Waals surface area contributed by atoms with Gasteiger partial charge in [-0.05, 0) is 37.0 Å². The fourth-order valence-corrected chi connectivity index (χ4v) is 3.03. The van der Waals surface area contributed by atoms with Crippen molar-refractivity contribution in [2.45, 2.75) is 31.7 Å². The van der Waals surface area contributed by atoms with Crippen LogP contribution in [0.2, 0.25) is 0 Å². The van der Waals surface area contributed by atoms with Crippen LogP contribution in [0.25, 0.3) is 11.0 Å². The molecule has 0 N–H and O–H groups in total. The van der Waals surface area contributed by atoms with Gasteiger partial charge in [0.2, 0.25) is 0 Å². The lowest BCUT2D eigenvalue weighted by Gasteiger charge is -2.07. The summed E-state index contributed by atoms with van der Waals surface area (Å²) in [6, 6.07) is 6.01. The van der Waals surface area contributed by atoms with E-state index in [2.05, 4.69) is 21.9 Å². The van der Waals surface area contributed by atoms with E-state index in [1.165, 1.54) is 25.0 Å². The Hall–Kier alpha value is -0.870. The number of hydrogen-bond donors (Lipinski definition) is 0. The average molecular weight is 313 g/mol. The second kappa shape index (κ2) is 7.79. The molecule has 0 saturated heterocycles. The lowest BCUT2D eigenvalue weighted by atomic mass is 10.2. The third kappa shape index (κ3) is 3.61. The monoisotopic (exact) mass is 312 g/mol. The Balaban J connectivity index is 2.13. The molecule has 0 saturated carbocycles. The SMILES string of the molecule is COc1ccc2c(c1)nc(CCl)n2CCCCCSC. The van der Waals surface area contributed by atoms with Gasteiger partial charge < -0.3 is 9.30 Å². The molecule has 110 valence electrons. The summed E-state index contributed by atoms with van der Waals surface area (Å²) in [5, 5.41) is 0. The predicted molar refractivity (Wildman–Crippen MR) is 88.1 cm³/mol. The molecule has 3 nitrogen and oxygen atoms in total. The summed E-state index contributed by atoms with van der Waals surface area (Å²) in [6.07, 6.45) is 5.85. The van der Waals surface area contributed by atoms with Gasteiger partial charge in [-0.1, -0.05) is 6.42 Å². The van der Waals surface area contributed by atoms with E-state index in [-0.39, 0.29) is 0 Å². The molecule has 0 atom stereocenters. The molecule has 0 aliphatic heterocycles. The van der Waals surface area contributed by atoms with Gasteiger partial charge in [0, 0.05) is 12.6 Å². The van der Waals surface area contributed by atoms with Crippen molar-refractivity contribution in [1.29, 1.82) is 0 Å². The molecule has 0 bridgehead atoms. The van der Waals surface area contributed by atoms with Gasteiger partial charge in [-0.3, -0.25) is 0 Å². The highest BCUT2D eigenvalue weighted by molar-refractivity contribution is 7.98. The number of alkyl halides is 1. The highest BCUT2D eigenvalue weighted by Crippen LogP contribution is 2.23. The smallest absolute Gasteiger partial charge is 0.124 e. The lowest BCUT2D eigenvalue weighted by molar-refractivity contribution is 0.415. The van der Waals surface area contributed by atoms with Crippen LogP contribution >= 0.6 is 23.4 Å². The Kier molecular flexibility index (Phi) is 6.05. The summed E-state index contributed by atoms with van der Waals surface area (Å²) in [5.41, 5.74) is 2.11. The van der Waals surface area contributed by atoms with Gasteiger partial charge in [-0.2, -0.15) is 11.8 Å². The van der Waals surface area contributed by atoms with E-state index < -0.39 is 0 Å². The molecule has 20 heavy (non-hydrogen) atoms. The first kappa shape index (κ1) is 15.5. The molecule has 1 aromatic carbocycles. The summed E-state index contributed by atoms with van der Waals surface area (Å²) in [6.45, 7) is 0.985. The zero-order valence-electron chi connectivity index (χ0n) is 12.1. The molecule has 0 aliphatic rings. The first-order valence-corrected chi connectivity index (χ1v) is 8.81. The molecule has 0 fully saturated rings. The average Bonchev–Trinajstić information content (AvgIpc) is 2.84. The Morgan fingerprint density at radius 3 is 2.85 bits per heavy atom. The highest BCUT2D eigenvalue weighted by Gasteiger charge is 2.10. The number of halogens is 1. The van der Waals surface area contributed by atoms with Crippen LogP contribution in [0, 0.1) is 0 Å². The number of imidazole rings is 1. The van der Waals surface area contributed by atoms with Crippen LogP contribution in [0.5, 0.6) is 5.75 Å². The van der Waals surface area contributed by atoms with Crippen LogP contribution in [0.1, 0.15) is 25.1 Å². The van der Waals surface area contributed by atoms with E-state index in [1.807, 2.05) is 23.9 Å². The third-order valence-corrected chi connectivity index (χ3v) is 4.32. The summed E-state index contributed by atoms with van der Waals surface area (Å²) in [5.74, 6) is 3.47. The molecule has 2 rings (SSSR count). The zero-order chi connectivity index (χ0) is 14.4. The second-order valence-electron chi connectivity index (χ2n) is 4.72. The fraction of sp³-hybridized carbons (Fsp3) is 0.533. The normalized spacial score (nSPS) is 11.2. The van der Waals surface area contributed by atoms with Crippen molar-refractivity contribution in [1.82, 2.24) is 9.55 Å². The third-order valence-electron chi connectivity index (χ3n) is 3.38. The number of benzene rings is 1. The maximum absolute atomic E-state index is 6.02. The summed E-state index contributed by atoms with van der Waals surface area (Å²) in [4.78, 5) is 4.60. The number of methoxy groups -OCH3 is 1. The summed E-state index contributed by atoms with van der Waals surface area (Å²) >= 11 is 7.93. The quantitative estimate of drug-likeness (QED) is 0.536. The molecule has 0 radical (unpaired) electrons. The van der Waals surface area contributed by atoms with Gasteiger partial charge in [0.25, 0.3) is 0 Å². The van der Waals surface area contributed by atoms with E-state index in [9.17, 15) is 0 Å². The minimum absolute atomic E-state index is 0.446. The number of aryl methyl sites for hydroxylation is 1. The summed E-state index contributed by atoms with van der Waals surface area (Å²) in [7, 11) is 1.67. The number of aromatic nitrogens is 2. The van der Waals surface area contributed by atoms with Crippen molar-refractivity contribution in [3.05, 3.63) is 24.0 Å². The van der Waals surface area contributed by atoms with Gasteiger partial charge >= 0.3 is 0 Å². The van der Waals surface area contributed by atoms with Crippen LogP contribution in [0.3, 0.4) is 0 Å². The summed E-state index contributed by atoms with van der Waals surface area (Å²) < 4.78 is 7.48. The number of hydrogen-bond acceptors (Lipinski definition) is 3. The van der Waals surface area contributed by atoms with Crippen LogP contribution in [-0.2, 0) is 12.4 Å². The van der Waals surface area contributed by atoms with Gasteiger partial charge in [-0.15, -0.1) is 11.6 Å². The van der Waals surface area contributed by atoms with Crippen molar-refractivity contribution >= 4 is 34.4 Å². The van der Waals surface area contributed by atoms with E-state index in [1.54, 1.807) is 7.11 Å². The maximum atomic E-state index is 6.02. The van der Waals surface area contributed by atoms with Gasteiger partial charge in [0.15, 0.2) is 0 Å². The molecule has 1 aromatic heterocycles. The topological polar surface area (TPSA) is 27.1 Å². The van der Waals surface area contributed by atoms with E-state index in [0.717, 1.165) is 29.2 Å². The van der Waals surface area contributed by atoms with Crippen LogP contribution < -0.4 is 4.74 Å². The molecule has 0 aliphatic carbocycles. The Labute approximate surface area is 129 Å². The predicted octanol–water partition coefficient (Wildman–Crippen LogP) is 4.32. The van der Waals surface area contributed by atoms with Crippen molar-refractivity contribution < 1.29 is 4.74 Å². The number of fused-ring (bicyclic) bond motifs is 1. The lowest BCUT2D eigenvalue weighted by Crippen LogP contribution is -2.02. The van der Waals surface area contributed by atoms with Crippen molar-refractivity contribution in [3.8, 4) is 5.75 Å². The molecule has 2 aromatic rings. The minimum Gasteiger partial charge on any atom is -0.497 e. The molecule has 0 spiro atoms. The van der Waals surface area contributed by atoms with Crippen LogP contribution in [-0.4, -0.2) is 28.7 Å². The van der Waals surface area contributed by atoms with E-state index in [4.69, 9.17) is 16.3 Å². The Bertz CT molecular complexity index is 556. The van der Waals surface area contributed by atoms with Crippen molar-refractivity contribution in [2.75, 3.05) is 19.1 Å². The second-order valence-corrected chi connectivity index (χ2v) is 5.97. The highest BCUT2D eigenvalue weighted by atomic mass is 35.5. The zero-order valence-corrected chi connectivity index (χ0v) is 13.6. The van der Waals surface area contributed by atoms with Crippen molar-refractivity contribution in [3.63, 3.8) is 0 Å². The fourth-order valence-electron chi connectivity index (χ4n) is 2.33. The Morgan fingerprint density at radius 2 is 2.15 bits per heavy atom. The molecule has 0 amide bonds. The van der Waals surface area contributed by atoms with Crippen LogP contribution in [0.4, 0.5) is 0 Å². The first-order chi connectivity index (χ1) is 9.80. The maximum Gasteiger partial charge on any atom is 0.124 e. The van der Waals surface area contributed by atoms with E-state index in [0.29, 0.717) is 5.88 Å². The Morgan fingerprint density at radius 1 is 1.30 bits per heavy atom. The molecule has 5 heteroatoms. The van der Waals surface area contributed by atoms with Gasteiger partial charge in [-0.25, -0.2) is 4.98 Å². The van der Waals surface area contributed by atoms with Gasteiger partial charge in [0.05, 0.1) is 24.0 Å². The number of rotatable bonds is 8.